The minimum absolute atomic E-state index is 0.465. The monoisotopic (exact) mass is 266 g/mol. The third-order valence-electron chi connectivity index (χ3n) is 2.70. The Balaban J connectivity index is 2.45. The average molecular weight is 266 g/mol. The maximum Gasteiger partial charge on any atom is 0.316 e. The molecular formula is C14H26N4O. The minimum Gasteiger partial charge on any atom is -0.462 e. The molecular weight excluding hydrogens is 240 g/mol. The van der Waals surface area contributed by atoms with Crippen LogP contribution in [0.25, 0.3) is 0 Å². The standard InChI is InChI=1S/C14H26N4O/c1-11(2)8-15-9-13-10-16-14(17-12(13)3)19-7-6-18(4)5/h10-11,15H,6-9H2,1-5H3. The van der Waals surface area contributed by atoms with Gasteiger partial charge in [0.15, 0.2) is 0 Å². The van der Waals surface area contributed by atoms with Crippen molar-refractivity contribution in [2.75, 3.05) is 33.8 Å². The number of ether oxygens (including phenoxy) is 1. The molecule has 0 spiro atoms. The lowest BCUT2D eigenvalue weighted by molar-refractivity contribution is 0.245. The second-order valence-electron chi connectivity index (χ2n) is 5.44. The molecule has 108 valence electrons. The summed E-state index contributed by atoms with van der Waals surface area (Å²) in [5, 5.41) is 3.39. The van der Waals surface area contributed by atoms with Gasteiger partial charge < -0.3 is 15.0 Å². The Morgan fingerprint density at radius 2 is 2.11 bits per heavy atom. The van der Waals surface area contributed by atoms with Crippen LogP contribution in [0.3, 0.4) is 0 Å². The van der Waals surface area contributed by atoms with E-state index in [1.807, 2.05) is 27.2 Å². The fourth-order valence-electron chi connectivity index (χ4n) is 1.53. The molecule has 1 heterocycles. The molecule has 0 aliphatic heterocycles. The van der Waals surface area contributed by atoms with E-state index in [1.165, 1.54) is 0 Å². The molecule has 1 aromatic rings. The van der Waals surface area contributed by atoms with Gasteiger partial charge in [0, 0.05) is 30.5 Å². The Morgan fingerprint density at radius 1 is 1.37 bits per heavy atom. The Hall–Kier alpha value is -1.20. The number of aryl methyl sites for hydroxylation is 1. The first-order chi connectivity index (χ1) is 8.99. The lowest BCUT2D eigenvalue weighted by atomic mass is 10.2. The SMILES string of the molecule is Cc1nc(OCCN(C)C)ncc1CNCC(C)C. The van der Waals surface area contributed by atoms with E-state index in [0.717, 1.165) is 30.9 Å². The van der Waals surface area contributed by atoms with Crippen molar-refractivity contribution in [3.05, 3.63) is 17.5 Å². The molecule has 5 nitrogen and oxygen atoms in total. The van der Waals surface area contributed by atoms with Gasteiger partial charge in [0.25, 0.3) is 0 Å². The third-order valence-corrected chi connectivity index (χ3v) is 2.70. The van der Waals surface area contributed by atoms with E-state index >= 15 is 0 Å². The number of nitrogens with zero attached hydrogens (tertiary/aromatic N) is 3. The number of hydrogen-bond donors (Lipinski definition) is 1. The van der Waals surface area contributed by atoms with E-state index in [0.29, 0.717) is 18.5 Å². The van der Waals surface area contributed by atoms with Crippen LogP contribution in [0, 0.1) is 12.8 Å². The van der Waals surface area contributed by atoms with Gasteiger partial charge >= 0.3 is 6.01 Å². The van der Waals surface area contributed by atoms with Gasteiger partial charge in [-0.3, -0.25) is 0 Å². The fraction of sp³-hybridized carbons (Fsp3) is 0.714. The summed E-state index contributed by atoms with van der Waals surface area (Å²) in [6.07, 6.45) is 1.85. The molecule has 0 bridgehead atoms. The van der Waals surface area contributed by atoms with Crippen LogP contribution in [0.2, 0.25) is 0 Å². The summed E-state index contributed by atoms with van der Waals surface area (Å²) in [5.41, 5.74) is 2.10. The number of likely N-dealkylation sites (N-methyl/N-ethyl adjacent to an activating group) is 1. The zero-order valence-electron chi connectivity index (χ0n) is 12.7. The Kier molecular flexibility index (Phi) is 6.73. The largest absolute Gasteiger partial charge is 0.462 e. The Labute approximate surface area is 116 Å². The van der Waals surface area contributed by atoms with Crippen LogP contribution in [-0.4, -0.2) is 48.7 Å². The molecule has 0 radical (unpaired) electrons. The van der Waals surface area contributed by atoms with Crippen molar-refractivity contribution in [3.8, 4) is 6.01 Å². The predicted molar refractivity (Wildman–Crippen MR) is 77.4 cm³/mol. The summed E-state index contributed by atoms with van der Waals surface area (Å²) in [6.45, 7) is 9.66. The van der Waals surface area contributed by atoms with Crippen molar-refractivity contribution in [1.29, 1.82) is 0 Å². The molecule has 0 fully saturated rings. The van der Waals surface area contributed by atoms with Crippen molar-refractivity contribution in [2.24, 2.45) is 5.92 Å². The van der Waals surface area contributed by atoms with Crippen molar-refractivity contribution in [2.45, 2.75) is 27.3 Å². The van der Waals surface area contributed by atoms with Crippen molar-refractivity contribution >= 4 is 0 Å². The maximum atomic E-state index is 5.51. The molecule has 0 aliphatic carbocycles. The summed E-state index contributed by atoms with van der Waals surface area (Å²) < 4.78 is 5.51. The van der Waals surface area contributed by atoms with Crippen molar-refractivity contribution < 1.29 is 4.74 Å². The van der Waals surface area contributed by atoms with E-state index in [1.54, 1.807) is 0 Å². The second kappa shape index (κ2) is 8.07. The van der Waals surface area contributed by atoms with E-state index < -0.39 is 0 Å². The first kappa shape index (κ1) is 15.9. The topological polar surface area (TPSA) is 50.3 Å². The van der Waals surface area contributed by atoms with Gasteiger partial charge in [-0.1, -0.05) is 13.8 Å². The van der Waals surface area contributed by atoms with Gasteiger partial charge in [0.1, 0.15) is 6.61 Å². The molecule has 0 saturated heterocycles. The lowest BCUT2D eigenvalue weighted by Crippen LogP contribution is -2.21. The molecule has 5 heteroatoms. The maximum absolute atomic E-state index is 5.51. The molecule has 0 atom stereocenters. The van der Waals surface area contributed by atoms with Gasteiger partial charge in [0.2, 0.25) is 0 Å². The first-order valence-corrected chi connectivity index (χ1v) is 6.79. The smallest absolute Gasteiger partial charge is 0.316 e. The number of aromatic nitrogens is 2. The molecule has 19 heavy (non-hydrogen) atoms. The zero-order valence-corrected chi connectivity index (χ0v) is 12.7. The van der Waals surface area contributed by atoms with Gasteiger partial charge in [0.05, 0.1) is 0 Å². The number of hydrogen-bond acceptors (Lipinski definition) is 5. The van der Waals surface area contributed by atoms with Crippen LogP contribution >= 0.6 is 0 Å². The van der Waals surface area contributed by atoms with Crippen LogP contribution in [0.4, 0.5) is 0 Å². The molecule has 0 saturated carbocycles. The highest BCUT2D eigenvalue weighted by Gasteiger charge is 2.04. The van der Waals surface area contributed by atoms with Gasteiger partial charge in [-0.25, -0.2) is 9.97 Å². The molecule has 0 amide bonds. The quantitative estimate of drug-likeness (QED) is 0.772. The normalized spacial score (nSPS) is 11.3. The van der Waals surface area contributed by atoms with Gasteiger partial charge in [-0.2, -0.15) is 0 Å². The third kappa shape index (κ3) is 6.50. The van der Waals surface area contributed by atoms with Crippen LogP contribution in [0.5, 0.6) is 6.01 Å². The Morgan fingerprint density at radius 3 is 2.68 bits per heavy atom. The highest BCUT2D eigenvalue weighted by molar-refractivity contribution is 5.17. The fourth-order valence-corrected chi connectivity index (χ4v) is 1.53. The summed E-state index contributed by atoms with van der Waals surface area (Å²) in [7, 11) is 4.03. The number of rotatable bonds is 8. The van der Waals surface area contributed by atoms with Crippen LogP contribution < -0.4 is 10.1 Å². The second-order valence-corrected chi connectivity index (χ2v) is 5.44. The average Bonchev–Trinajstić information content (AvgIpc) is 2.31. The van der Waals surface area contributed by atoms with Crippen molar-refractivity contribution in [1.82, 2.24) is 20.2 Å². The van der Waals surface area contributed by atoms with E-state index in [4.69, 9.17) is 4.74 Å². The van der Waals surface area contributed by atoms with Crippen molar-refractivity contribution in [3.63, 3.8) is 0 Å². The molecule has 0 unspecified atom stereocenters. The van der Waals surface area contributed by atoms with Crippen LogP contribution in [-0.2, 0) is 6.54 Å². The van der Waals surface area contributed by atoms with E-state index in [-0.39, 0.29) is 0 Å². The lowest BCUT2D eigenvalue weighted by Gasteiger charge is -2.12. The van der Waals surface area contributed by atoms with Crippen LogP contribution in [0.15, 0.2) is 6.20 Å². The van der Waals surface area contributed by atoms with Gasteiger partial charge in [-0.05, 0) is 33.5 Å². The molecule has 1 N–H and O–H groups in total. The molecule has 0 aliphatic rings. The highest BCUT2D eigenvalue weighted by Crippen LogP contribution is 2.08. The Bertz CT molecular complexity index is 380. The summed E-state index contributed by atoms with van der Waals surface area (Å²) in [6, 6.07) is 0.465. The zero-order chi connectivity index (χ0) is 14.3. The molecule has 1 aromatic heterocycles. The van der Waals surface area contributed by atoms with E-state index in [2.05, 4.69) is 34.0 Å². The first-order valence-electron chi connectivity index (χ1n) is 6.79. The molecule has 0 aromatic carbocycles. The minimum atomic E-state index is 0.465. The summed E-state index contributed by atoms with van der Waals surface area (Å²) in [5.74, 6) is 0.648. The van der Waals surface area contributed by atoms with Gasteiger partial charge in [-0.15, -0.1) is 0 Å². The summed E-state index contributed by atoms with van der Waals surface area (Å²) in [4.78, 5) is 10.7. The highest BCUT2D eigenvalue weighted by atomic mass is 16.5. The van der Waals surface area contributed by atoms with E-state index in [9.17, 15) is 0 Å². The predicted octanol–water partition coefficient (Wildman–Crippen LogP) is 1.47. The van der Waals surface area contributed by atoms with Crippen LogP contribution in [0.1, 0.15) is 25.1 Å². The number of nitrogens with one attached hydrogen (secondary N) is 1. The molecule has 1 rings (SSSR count). The summed E-state index contributed by atoms with van der Waals surface area (Å²) >= 11 is 0.